The van der Waals surface area contributed by atoms with Crippen LogP contribution in [0, 0.1) is 5.82 Å². The predicted octanol–water partition coefficient (Wildman–Crippen LogP) is 2.13. The number of nitrogens with zero attached hydrogens (tertiary/aromatic N) is 2. The largest absolute Gasteiger partial charge is 0.549 e. The molecule has 2 atom stereocenters. The molecule has 1 aromatic carbocycles. The molecule has 2 N–H and O–H groups in total. The van der Waals surface area contributed by atoms with E-state index in [9.17, 15) is 21.6 Å². The molecule has 0 spiro atoms. The van der Waals surface area contributed by atoms with E-state index in [-0.39, 0.29) is 30.5 Å². The van der Waals surface area contributed by atoms with Gasteiger partial charge in [-0.2, -0.15) is 21.6 Å². The molecule has 2 unspecified atom stereocenters. The third kappa shape index (κ3) is 4.62. The standard InChI is InChI=1S/C20H24F4N4O3S/c21-18-7-3-4-14-9-27(32(29,30)20(22,23)24)11-16(12-31-17-5-1-2-6-17)28(19(14)18)10-15-8-25-13-26-15/h3-4,7-8,13,16-17H,1-2,5-6,9-12H2,(H,25,26)/p+1. The number of aromatic nitrogens is 2. The Hall–Kier alpha value is -2.18. The summed E-state index contributed by atoms with van der Waals surface area (Å²) in [7, 11) is -5.54. The zero-order valence-electron chi connectivity index (χ0n) is 17.2. The number of hydrogen-bond acceptors (Lipinski definition) is 5. The lowest BCUT2D eigenvalue weighted by molar-refractivity contribution is -0.786. The lowest BCUT2D eigenvalue weighted by atomic mass is 10.1. The molecule has 4 rings (SSSR count). The number of rotatable bonds is 6. The minimum absolute atomic E-state index is 0.0105. The minimum Gasteiger partial charge on any atom is -0.376 e. The first kappa shape index (κ1) is 23.0. The first-order chi connectivity index (χ1) is 15.2. The van der Waals surface area contributed by atoms with Crippen LogP contribution in [0.4, 0.5) is 23.2 Å². The van der Waals surface area contributed by atoms with Crippen LogP contribution < -0.4 is 9.21 Å². The molecule has 176 valence electrons. The van der Waals surface area contributed by atoms with E-state index in [2.05, 4.69) is 9.97 Å². The second-order valence-corrected chi connectivity index (χ2v) is 10.3. The van der Waals surface area contributed by atoms with Crippen LogP contribution in [0.3, 0.4) is 0 Å². The van der Waals surface area contributed by atoms with E-state index in [4.69, 9.17) is 4.74 Å². The fourth-order valence-electron chi connectivity index (χ4n) is 4.45. The Morgan fingerprint density at radius 1 is 1.25 bits per heavy atom. The number of fused-ring (bicyclic) bond motifs is 1. The third-order valence-electron chi connectivity index (χ3n) is 6.06. The average Bonchev–Trinajstić information content (AvgIpc) is 3.39. The Kier molecular flexibility index (Phi) is 6.46. The molecule has 0 bridgehead atoms. The van der Waals surface area contributed by atoms with Crippen LogP contribution in [0.1, 0.15) is 36.9 Å². The van der Waals surface area contributed by atoms with Gasteiger partial charge in [0.1, 0.15) is 24.9 Å². The lowest BCUT2D eigenvalue weighted by Crippen LogP contribution is -3.15. The Labute approximate surface area is 183 Å². The van der Waals surface area contributed by atoms with E-state index in [0.29, 0.717) is 5.69 Å². The van der Waals surface area contributed by atoms with Crippen LogP contribution in [0.2, 0.25) is 0 Å². The van der Waals surface area contributed by atoms with Crippen LogP contribution in [0.5, 0.6) is 0 Å². The second kappa shape index (κ2) is 8.99. The maximum absolute atomic E-state index is 15.0. The fraction of sp³-hybridized carbons (Fsp3) is 0.550. The van der Waals surface area contributed by atoms with E-state index in [1.165, 1.54) is 30.7 Å². The van der Waals surface area contributed by atoms with Crippen molar-refractivity contribution in [3.63, 3.8) is 0 Å². The molecule has 7 nitrogen and oxygen atoms in total. The molecule has 0 saturated heterocycles. The Morgan fingerprint density at radius 2 is 2.00 bits per heavy atom. The van der Waals surface area contributed by atoms with Gasteiger partial charge >= 0.3 is 15.5 Å². The van der Waals surface area contributed by atoms with Gasteiger partial charge in [-0.3, -0.25) is 0 Å². The number of H-pyrrole nitrogens is 1. The fourth-order valence-corrected chi connectivity index (χ4v) is 5.53. The highest BCUT2D eigenvalue weighted by atomic mass is 32.2. The van der Waals surface area contributed by atoms with Gasteiger partial charge in [0.05, 0.1) is 37.0 Å². The van der Waals surface area contributed by atoms with Gasteiger partial charge in [0, 0.05) is 11.8 Å². The van der Waals surface area contributed by atoms with Crippen LogP contribution in [0.15, 0.2) is 30.7 Å². The highest BCUT2D eigenvalue weighted by molar-refractivity contribution is 7.85. The van der Waals surface area contributed by atoms with Crippen molar-refractivity contribution >= 4 is 15.7 Å². The molecule has 1 aromatic heterocycles. The molecule has 32 heavy (non-hydrogen) atoms. The Balaban J connectivity index is 1.74. The number of halogens is 4. The number of aromatic amines is 1. The summed E-state index contributed by atoms with van der Waals surface area (Å²) in [5.74, 6) is -0.626. The summed E-state index contributed by atoms with van der Waals surface area (Å²) in [6.07, 6.45) is 6.65. The van der Waals surface area contributed by atoms with Crippen LogP contribution in [0.25, 0.3) is 0 Å². The van der Waals surface area contributed by atoms with Crippen LogP contribution in [-0.2, 0) is 27.8 Å². The van der Waals surface area contributed by atoms with Gasteiger partial charge in [0.2, 0.25) is 0 Å². The molecule has 2 aromatic rings. The number of quaternary nitrogens is 1. The van der Waals surface area contributed by atoms with Crippen molar-refractivity contribution in [1.29, 1.82) is 0 Å². The second-order valence-electron chi connectivity index (χ2n) is 8.21. The van der Waals surface area contributed by atoms with E-state index in [1.54, 1.807) is 4.90 Å². The van der Waals surface area contributed by atoms with Gasteiger partial charge < -0.3 is 14.6 Å². The van der Waals surface area contributed by atoms with Gasteiger partial charge in [-0.15, -0.1) is 0 Å². The van der Waals surface area contributed by atoms with E-state index in [0.717, 1.165) is 25.7 Å². The van der Waals surface area contributed by atoms with Crippen molar-refractivity contribution in [2.45, 2.75) is 56.4 Å². The first-order valence-corrected chi connectivity index (χ1v) is 11.9. The highest BCUT2D eigenvalue weighted by Crippen LogP contribution is 2.31. The maximum atomic E-state index is 15.0. The summed E-state index contributed by atoms with van der Waals surface area (Å²) >= 11 is 0. The zero-order valence-corrected chi connectivity index (χ0v) is 18.1. The van der Waals surface area contributed by atoms with Crippen molar-refractivity contribution in [3.05, 3.63) is 47.8 Å². The number of nitrogens with one attached hydrogen (secondary N) is 2. The van der Waals surface area contributed by atoms with E-state index < -0.39 is 44.8 Å². The minimum atomic E-state index is -5.54. The quantitative estimate of drug-likeness (QED) is 0.624. The molecule has 1 aliphatic carbocycles. The summed E-state index contributed by atoms with van der Waals surface area (Å²) in [5, 5.41) is 0. The van der Waals surface area contributed by atoms with Crippen molar-refractivity contribution < 1.29 is 35.0 Å². The lowest BCUT2D eigenvalue weighted by Gasteiger charge is -2.33. The summed E-state index contributed by atoms with van der Waals surface area (Å²) in [6.45, 7) is -0.805. The van der Waals surface area contributed by atoms with Gasteiger partial charge in [0.15, 0.2) is 0 Å². The molecule has 2 heterocycles. The smallest absolute Gasteiger partial charge is 0.376 e. The number of ether oxygens (including phenoxy) is 1. The van der Waals surface area contributed by atoms with Crippen molar-refractivity contribution in [2.24, 2.45) is 0 Å². The number of imidazole rings is 1. The summed E-state index contributed by atoms with van der Waals surface area (Å²) in [4.78, 5) is 8.47. The number of para-hydroxylation sites is 1. The number of alkyl halides is 3. The van der Waals surface area contributed by atoms with Gasteiger partial charge in [-0.25, -0.2) is 13.7 Å². The van der Waals surface area contributed by atoms with Crippen molar-refractivity contribution in [3.8, 4) is 0 Å². The summed E-state index contributed by atoms with van der Waals surface area (Å²) in [6, 6.07) is 3.25. The van der Waals surface area contributed by atoms with Gasteiger partial charge in [0.25, 0.3) is 0 Å². The van der Waals surface area contributed by atoms with Gasteiger partial charge in [-0.1, -0.05) is 25.0 Å². The number of benzene rings is 1. The van der Waals surface area contributed by atoms with Crippen LogP contribution in [-0.4, -0.2) is 49.2 Å². The SMILES string of the molecule is O=S(=O)([NH+]1Cc2cccc(F)c2N(Cc2cnc[nH]2)C(COC2CCCC2)C1)C(F)(F)F. The molecular formula is C20H25F4N4O3S+. The summed E-state index contributed by atoms with van der Waals surface area (Å²) in [5.41, 5.74) is -4.52. The highest BCUT2D eigenvalue weighted by Gasteiger charge is 2.55. The van der Waals surface area contributed by atoms with Crippen LogP contribution >= 0.6 is 0 Å². The van der Waals surface area contributed by atoms with E-state index in [1.807, 2.05) is 0 Å². The molecule has 1 fully saturated rings. The molecular weight excluding hydrogens is 452 g/mol. The zero-order chi connectivity index (χ0) is 22.9. The Bertz CT molecular complexity index is 1020. The molecule has 1 saturated carbocycles. The topological polar surface area (TPSA) is 79.7 Å². The Morgan fingerprint density at radius 3 is 2.66 bits per heavy atom. The van der Waals surface area contributed by atoms with Crippen molar-refractivity contribution in [2.75, 3.05) is 18.1 Å². The van der Waals surface area contributed by atoms with Gasteiger partial charge in [-0.05, 0) is 18.9 Å². The predicted molar refractivity (Wildman–Crippen MR) is 108 cm³/mol. The number of anilines is 1. The number of hydrogen-bond donors (Lipinski definition) is 2. The maximum Gasteiger partial charge on any atom is 0.549 e. The molecule has 2 aliphatic rings. The molecule has 12 heteroatoms. The van der Waals surface area contributed by atoms with E-state index >= 15 is 4.39 Å². The third-order valence-corrected chi connectivity index (χ3v) is 7.74. The molecule has 0 amide bonds. The monoisotopic (exact) mass is 477 g/mol. The number of sulfonamides is 1. The average molecular weight is 478 g/mol. The normalized spacial score (nSPS) is 22.7. The summed E-state index contributed by atoms with van der Waals surface area (Å²) < 4.78 is 85.3. The first-order valence-electron chi connectivity index (χ1n) is 10.5. The van der Waals surface area contributed by atoms with Crippen molar-refractivity contribution in [1.82, 2.24) is 9.97 Å². The molecule has 1 aliphatic heterocycles. The molecule has 0 radical (unpaired) electrons.